The van der Waals surface area contributed by atoms with Crippen molar-refractivity contribution in [1.82, 2.24) is 29.5 Å². The molecule has 1 atom stereocenters. The van der Waals surface area contributed by atoms with Gasteiger partial charge in [-0.1, -0.05) is 16.8 Å². The fourth-order valence-corrected chi connectivity index (χ4v) is 4.33. The first-order valence-corrected chi connectivity index (χ1v) is 10.2. The Balaban J connectivity index is 1.52. The molecule has 1 saturated heterocycles. The number of ether oxygens (including phenoxy) is 1. The molecule has 8 nitrogen and oxygen atoms in total. The van der Waals surface area contributed by atoms with E-state index in [-0.39, 0.29) is 17.6 Å². The number of fused-ring (bicyclic) bond motifs is 5. The minimum absolute atomic E-state index is 0.124. The zero-order valence-corrected chi connectivity index (χ0v) is 17.1. The first kappa shape index (κ1) is 19.5. The predicted octanol–water partition coefficient (Wildman–Crippen LogP) is 4.32. The highest BCUT2D eigenvalue weighted by molar-refractivity contribution is 6.31. The van der Waals surface area contributed by atoms with Crippen LogP contribution in [0.4, 0.5) is 13.2 Å². The third kappa shape index (κ3) is 3.03. The zero-order valence-electron chi connectivity index (χ0n) is 16.3. The van der Waals surface area contributed by atoms with Gasteiger partial charge >= 0.3 is 6.18 Å². The van der Waals surface area contributed by atoms with Crippen molar-refractivity contribution < 1.29 is 22.4 Å². The van der Waals surface area contributed by atoms with E-state index in [1.807, 2.05) is 23.0 Å². The van der Waals surface area contributed by atoms with Gasteiger partial charge in [-0.15, -0.1) is 0 Å². The van der Waals surface area contributed by atoms with Gasteiger partial charge in [0.05, 0.1) is 29.7 Å². The normalized spacial score (nSPS) is 17.7. The number of alkyl halides is 3. The van der Waals surface area contributed by atoms with E-state index in [1.54, 1.807) is 10.6 Å². The van der Waals surface area contributed by atoms with Gasteiger partial charge in [-0.2, -0.15) is 23.3 Å². The molecule has 1 aromatic carbocycles. The maximum atomic E-state index is 13.0. The lowest BCUT2D eigenvalue weighted by molar-refractivity contribution is -0.146. The van der Waals surface area contributed by atoms with Crippen molar-refractivity contribution in [2.45, 2.75) is 25.1 Å². The Labute approximate surface area is 183 Å². The van der Waals surface area contributed by atoms with Crippen LogP contribution in [0.5, 0.6) is 0 Å². The maximum absolute atomic E-state index is 13.0. The molecule has 32 heavy (non-hydrogen) atoms. The van der Waals surface area contributed by atoms with Crippen molar-refractivity contribution in [3.05, 3.63) is 52.8 Å². The van der Waals surface area contributed by atoms with Gasteiger partial charge in [-0.25, -0.2) is 4.98 Å². The average molecular weight is 463 g/mol. The van der Waals surface area contributed by atoms with Crippen LogP contribution in [0.3, 0.4) is 0 Å². The van der Waals surface area contributed by atoms with Crippen molar-refractivity contribution >= 4 is 11.6 Å². The molecule has 5 heterocycles. The number of imidazole rings is 1. The van der Waals surface area contributed by atoms with Gasteiger partial charge in [0.2, 0.25) is 0 Å². The van der Waals surface area contributed by atoms with Gasteiger partial charge < -0.3 is 13.8 Å². The lowest BCUT2D eigenvalue weighted by atomic mass is 10.0. The van der Waals surface area contributed by atoms with Crippen LogP contribution < -0.4 is 0 Å². The van der Waals surface area contributed by atoms with Crippen LogP contribution >= 0.6 is 11.6 Å². The molecule has 2 aliphatic rings. The molecule has 3 aromatic heterocycles. The number of hydrogen-bond acceptors (Lipinski definition) is 6. The molecule has 0 aliphatic carbocycles. The summed E-state index contributed by atoms with van der Waals surface area (Å²) in [6, 6.07) is 5.51. The maximum Gasteiger partial charge on any atom is 0.455 e. The summed E-state index contributed by atoms with van der Waals surface area (Å²) in [6.07, 6.45) is -0.0254. The molecule has 1 unspecified atom stereocenters. The van der Waals surface area contributed by atoms with Gasteiger partial charge in [0, 0.05) is 35.4 Å². The standard InChI is InChI=1S/C20H14ClF3N6O2/c21-11-1-2-14-13(6-11)16-10(7-30(27-16)12-3-4-31-8-12)5-15-17(25-9-29(14)15)18-26-19(28-32-18)20(22,23)24/h1-2,6-7,9,12H,3-5,8H2. The Hall–Kier alpha value is -3.18. The fourth-order valence-electron chi connectivity index (χ4n) is 4.16. The molecule has 4 aromatic rings. The van der Waals surface area contributed by atoms with E-state index in [9.17, 15) is 13.2 Å². The van der Waals surface area contributed by atoms with Crippen molar-refractivity contribution in [1.29, 1.82) is 0 Å². The van der Waals surface area contributed by atoms with Gasteiger partial charge in [0.25, 0.3) is 11.7 Å². The summed E-state index contributed by atoms with van der Waals surface area (Å²) in [5.41, 5.74) is 4.01. The minimum atomic E-state index is -4.71. The van der Waals surface area contributed by atoms with Gasteiger partial charge in [0.1, 0.15) is 6.33 Å². The highest BCUT2D eigenvalue weighted by Gasteiger charge is 2.38. The summed E-state index contributed by atoms with van der Waals surface area (Å²) in [7, 11) is 0. The molecular formula is C20H14ClF3N6O2. The topological polar surface area (TPSA) is 83.8 Å². The smallest absolute Gasteiger partial charge is 0.379 e. The van der Waals surface area contributed by atoms with Crippen LogP contribution in [0.1, 0.15) is 29.5 Å². The van der Waals surface area contributed by atoms with Gasteiger partial charge in [0.15, 0.2) is 5.69 Å². The summed E-state index contributed by atoms with van der Waals surface area (Å²) in [4.78, 5) is 7.82. The average Bonchev–Trinajstić information content (AvgIpc) is 3.53. The van der Waals surface area contributed by atoms with Crippen molar-refractivity contribution in [2.24, 2.45) is 0 Å². The molecule has 164 valence electrons. The molecule has 12 heteroatoms. The fraction of sp³-hybridized carbons (Fsp3) is 0.300. The lowest BCUT2D eigenvalue weighted by Gasteiger charge is -2.11. The third-order valence-electron chi connectivity index (χ3n) is 5.67. The van der Waals surface area contributed by atoms with Crippen molar-refractivity contribution in [2.75, 3.05) is 13.2 Å². The second kappa shape index (κ2) is 6.91. The zero-order chi connectivity index (χ0) is 22.0. The first-order valence-electron chi connectivity index (χ1n) is 9.82. The number of rotatable bonds is 2. The third-order valence-corrected chi connectivity index (χ3v) is 5.90. The van der Waals surface area contributed by atoms with Crippen LogP contribution in [0.2, 0.25) is 5.02 Å². The molecule has 0 N–H and O–H groups in total. The van der Waals surface area contributed by atoms with Crippen LogP contribution in [0.15, 0.2) is 35.2 Å². The number of benzene rings is 1. The van der Waals surface area contributed by atoms with Crippen LogP contribution in [0.25, 0.3) is 28.5 Å². The van der Waals surface area contributed by atoms with Crippen molar-refractivity contribution in [3.8, 4) is 28.5 Å². The molecular weight excluding hydrogens is 449 g/mol. The molecule has 0 radical (unpaired) electrons. The number of nitrogens with zero attached hydrogens (tertiary/aromatic N) is 6. The Kier molecular flexibility index (Phi) is 4.21. The first-order chi connectivity index (χ1) is 15.4. The summed E-state index contributed by atoms with van der Waals surface area (Å²) < 4.78 is 53.0. The molecule has 0 saturated carbocycles. The van der Waals surface area contributed by atoms with E-state index in [0.717, 1.165) is 28.9 Å². The molecule has 0 spiro atoms. The molecule has 0 amide bonds. The van der Waals surface area contributed by atoms with Gasteiger partial charge in [-0.05, 0) is 24.6 Å². The predicted molar refractivity (Wildman–Crippen MR) is 105 cm³/mol. The Bertz CT molecular complexity index is 1340. The van der Waals surface area contributed by atoms with E-state index in [4.69, 9.17) is 26.0 Å². The van der Waals surface area contributed by atoms with Crippen LogP contribution in [-0.4, -0.2) is 42.7 Å². The van der Waals surface area contributed by atoms with Gasteiger partial charge in [-0.3, -0.25) is 4.68 Å². The second-order valence-corrected chi connectivity index (χ2v) is 8.11. The lowest BCUT2D eigenvalue weighted by Crippen LogP contribution is -2.09. The van der Waals surface area contributed by atoms with E-state index >= 15 is 0 Å². The minimum Gasteiger partial charge on any atom is -0.379 e. The summed E-state index contributed by atoms with van der Waals surface area (Å²) in [5, 5.41) is 8.43. The summed E-state index contributed by atoms with van der Waals surface area (Å²) >= 11 is 6.28. The van der Waals surface area contributed by atoms with Crippen LogP contribution in [-0.2, 0) is 17.3 Å². The quantitative estimate of drug-likeness (QED) is 0.388. The summed E-state index contributed by atoms with van der Waals surface area (Å²) in [5.74, 6) is -1.63. The highest BCUT2D eigenvalue weighted by Crippen LogP contribution is 2.39. The Morgan fingerprint density at radius 1 is 1.19 bits per heavy atom. The SMILES string of the molecule is FC(F)(F)c1noc(-c2ncn3c2Cc2cn(C4CCOC4)nc2-c2cc(Cl)ccc2-3)n1. The van der Waals surface area contributed by atoms with E-state index < -0.39 is 12.0 Å². The molecule has 6 rings (SSSR count). The van der Waals surface area contributed by atoms with E-state index in [0.29, 0.717) is 30.4 Å². The number of hydrogen-bond donors (Lipinski definition) is 0. The van der Waals surface area contributed by atoms with Crippen molar-refractivity contribution in [3.63, 3.8) is 0 Å². The highest BCUT2D eigenvalue weighted by atomic mass is 35.5. The number of halogens is 4. The largest absolute Gasteiger partial charge is 0.455 e. The molecule has 1 fully saturated rings. The monoisotopic (exact) mass is 462 g/mol. The summed E-state index contributed by atoms with van der Waals surface area (Å²) in [6.45, 7) is 1.25. The Morgan fingerprint density at radius 3 is 2.81 bits per heavy atom. The number of aromatic nitrogens is 6. The van der Waals surface area contributed by atoms with E-state index in [2.05, 4.69) is 15.1 Å². The Morgan fingerprint density at radius 2 is 2.06 bits per heavy atom. The van der Waals surface area contributed by atoms with E-state index in [1.165, 1.54) is 6.33 Å². The second-order valence-electron chi connectivity index (χ2n) is 7.67. The van der Waals surface area contributed by atoms with Crippen LogP contribution in [0, 0.1) is 0 Å². The molecule has 0 bridgehead atoms. The molecule has 2 aliphatic heterocycles.